The van der Waals surface area contributed by atoms with E-state index in [4.69, 9.17) is 4.74 Å². The summed E-state index contributed by atoms with van der Waals surface area (Å²) in [4.78, 5) is 18.5. The van der Waals surface area contributed by atoms with E-state index in [2.05, 4.69) is 4.98 Å². The molecule has 1 heterocycles. The first-order valence-electron chi connectivity index (χ1n) is 7.16. The van der Waals surface area contributed by atoms with Gasteiger partial charge in [0, 0.05) is 12.2 Å². The molecule has 0 spiro atoms. The Hall–Kier alpha value is -2.36. The van der Waals surface area contributed by atoms with Crippen LogP contribution in [-0.2, 0) is 4.79 Å². The average molecular weight is 282 g/mol. The number of benzene rings is 1. The predicted octanol–water partition coefficient (Wildman–Crippen LogP) is 2.96. The van der Waals surface area contributed by atoms with Crippen LogP contribution in [0.2, 0.25) is 0 Å². The zero-order valence-corrected chi connectivity index (χ0v) is 12.0. The molecule has 21 heavy (non-hydrogen) atoms. The minimum atomic E-state index is -0.0447. The van der Waals surface area contributed by atoms with Crippen molar-refractivity contribution in [3.05, 3.63) is 54.2 Å². The third-order valence-electron chi connectivity index (χ3n) is 3.46. The van der Waals surface area contributed by atoms with Crippen LogP contribution in [0, 0.1) is 6.92 Å². The summed E-state index contributed by atoms with van der Waals surface area (Å²) in [5, 5.41) is 0. The van der Waals surface area contributed by atoms with Crippen LogP contribution in [0.1, 0.15) is 18.4 Å². The Labute approximate surface area is 124 Å². The van der Waals surface area contributed by atoms with E-state index in [0.717, 1.165) is 12.8 Å². The van der Waals surface area contributed by atoms with Gasteiger partial charge in [0.25, 0.3) is 5.91 Å². The molecule has 4 nitrogen and oxygen atoms in total. The number of hydrogen-bond acceptors (Lipinski definition) is 3. The summed E-state index contributed by atoms with van der Waals surface area (Å²) in [7, 11) is 0. The highest BCUT2D eigenvalue weighted by Gasteiger charge is 2.34. The van der Waals surface area contributed by atoms with Gasteiger partial charge in [0.15, 0.2) is 6.61 Å². The minimum absolute atomic E-state index is 0.0378. The molecule has 1 aliphatic carbocycles. The number of carbonyl (C=O) groups is 1. The van der Waals surface area contributed by atoms with Gasteiger partial charge in [-0.1, -0.05) is 23.8 Å². The summed E-state index contributed by atoms with van der Waals surface area (Å²) in [6, 6.07) is 13.6. The fourth-order valence-corrected chi connectivity index (χ4v) is 2.20. The van der Waals surface area contributed by atoms with Gasteiger partial charge in [0.2, 0.25) is 0 Å². The lowest BCUT2D eigenvalue weighted by Crippen LogP contribution is -2.37. The molecule has 1 fully saturated rings. The van der Waals surface area contributed by atoms with Crippen molar-refractivity contribution < 1.29 is 9.53 Å². The maximum atomic E-state index is 12.4. The molecule has 1 aromatic carbocycles. The number of aromatic nitrogens is 1. The van der Waals surface area contributed by atoms with Crippen LogP contribution < -0.4 is 9.64 Å². The van der Waals surface area contributed by atoms with E-state index >= 15 is 0 Å². The normalized spacial score (nSPS) is 13.8. The fourth-order valence-electron chi connectivity index (χ4n) is 2.20. The molecule has 2 aromatic rings. The zero-order valence-electron chi connectivity index (χ0n) is 12.0. The van der Waals surface area contributed by atoms with Crippen molar-refractivity contribution in [2.45, 2.75) is 25.8 Å². The highest BCUT2D eigenvalue weighted by Crippen LogP contribution is 2.30. The number of hydrogen-bond donors (Lipinski definition) is 0. The fraction of sp³-hybridized carbons (Fsp3) is 0.294. The number of pyridine rings is 1. The van der Waals surface area contributed by atoms with Crippen molar-refractivity contribution in [1.29, 1.82) is 0 Å². The van der Waals surface area contributed by atoms with Gasteiger partial charge < -0.3 is 4.74 Å². The van der Waals surface area contributed by atoms with Crippen LogP contribution in [0.3, 0.4) is 0 Å². The number of nitrogens with zero attached hydrogens (tertiary/aromatic N) is 2. The molecule has 108 valence electrons. The Morgan fingerprint density at radius 2 is 2.00 bits per heavy atom. The van der Waals surface area contributed by atoms with Crippen LogP contribution in [0.5, 0.6) is 5.75 Å². The molecule has 0 unspecified atom stereocenters. The van der Waals surface area contributed by atoms with Crippen molar-refractivity contribution >= 4 is 11.7 Å². The van der Waals surface area contributed by atoms with Crippen LogP contribution >= 0.6 is 0 Å². The second-order valence-electron chi connectivity index (χ2n) is 5.28. The Morgan fingerprint density at radius 3 is 2.62 bits per heavy atom. The molecule has 0 atom stereocenters. The van der Waals surface area contributed by atoms with Crippen molar-refractivity contribution in [1.82, 2.24) is 4.98 Å². The zero-order chi connectivity index (χ0) is 14.7. The first kappa shape index (κ1) is 13.6. The number of rotatable bonds is 5. The molecular weight excluding hydrogens is 264 g/mol. The van der Waals surface area contributed by atoms with Crippen LogP contribution in [-0.4, -0.2) is 23.5 Å². The van der Waals surface area contributed by atoms with Gasteiger partial charge in [-0.15, -0.1) is 0 Å². The van der Waals surface area contributed by atoms with Crippen molar-refractivity contribution in [3.63, 3.8) is 0 Å². The van der Waals surface area contributed by atoms with Gasteiger partial charge >= 0.3 is 0 Å². The van der Waals surface area contributed by atoms with E-state index in [1.54, 1.807) is 11.1 Å². The summed E-state index contributed by atoms with van der Waals surface area (Å²) in [6.45, 7) is 2.06. The third kappa shape index (κ3) is 3.40. The highest BCUT2D eigenvalue weighted by molar-refractivity contribution is 5.94. The van der Waals surface area contributed by atoms with Gasteiger partial charge in [0.05, 0.1) is 0 Å². The predicted molar refractivity (Wildman–Crippen MR) is 81.4 cm³/mol. The number of carbonyl (C=O) groups excluding carboxylic acids is 1. The molecule has 0 radical (unpaired) electrons. The summed E-state index contributed by atoms with van der Waals surface area (Å²) in [6.07, 6.45) is 3.78. The lowest BCUT2D eigenvalue weighted by molar-refractivity contribution is -0.120. The Kier molecular flexibility index (Phi) is 3.86. The van der Waals surface area contributed by atoms with Gasteiger partial charge in [-0.3, -0.25) is 9.69 Å². The quantitative estimate of drug-likeness (QED) is 0.846. The Balaban J connectivity index is 1.66. The number of amides is 1. The third-order valence-corrected chi connectivity index (χ3v) is 3.46. The highest BCUT2D eigenvalue weighted by atomic mass is 16.5. The average Bonchev–Trinajstić information content (AvgIpc) is 3.33. The van der Waals surface area contributed by atoms with Gasteiger partial charge in [0.1, 0.15) is 11.6 Å². The van der Waals surface area contributed by atoms with Gasteiger partial charge in [-0.2, -0.15) is 0 Å². The van der Waals surface area contributed by atoms with E-state index in [1.165, 1.54) is 5.56 Å². The summed E-state index contributed by atoms with van der Waals surface area (Å²) >= 11 is 0. The number of ether oxygens (including phenoxy) is 1. The number of aryl methyl sites for hydroxylation is 1. The molecule has 0 N–H and O–H groups in total. The molecule has 1 aliphatic rings. The van der Waals surface area contributed by atoms with Gasteiger partial charge in [-0.25, -0.2) is 4.98 Å². The van der Waals surface area contributed by atoms with Gasteiger partial charge in [-0.05, 0) is 44.0 Å². The first-order valence-corrected chi connectivity index (χ1v) is 7.16. The van der Waals surface area contributed by atoms with E-state index in [0.29, 0.717) is 11.6 Å². The SMILES string of the molecule is Cc1ccc(OCC(=O)N(c2ccccn2)C2CC2)cc1. The van der Waals surface area contributed by atoms with E-state index in [-0.39, 0.29) is 18.6 Å². The van der Waals surface area contributed by atoms with E-state index in [1.807, 2.05) is 49.4 Å². The Morgan fingerprint density at radius 1 is 1.24 bits per heavy atom. The summed E-state index contributed by atoms with van der Waals surface area (Å²) < 4.78 is 5.58. The lowest BCUT2D eigenvalue weighted by Gasteiger charge is -2.21. The standard InChI is InChI=1S/C17H18N2O2/c1-13-5-9-15(10-6-13)21-12-17(20)19(14-7-8-14)16-4-2-3-11-18-16/h2-6,9-11,14H,7-8,12H2,1H3. The molecule has 4 heteroatoms. The molecule has 1 amide bonds. The molecule has 0 saturated heterocycles. The number of anilines is 1. The molecule has 0 aliphatic heterocycles. The largest absolute Gasteiger partial charge is 0.484 e. The smallest absolute Gasteiger partial charge is 0.266 e. The molecular formula is C17H18N2O2. The molecule has 0 bridgehead atoms. The molecule has 1 saturated carbocycles. The maximum absolute atomic E-state index is 12.4. The second kappa shape index (κ2) is 5.95. The van der Waals surface area contributed by atoms with Crippen molar-refractivity contribution in [2.24, 2.45) is 0 Å². The van der Waals surface area contributed by atoms with Crippen LogP contribution in [0.4, 0.5) is 5.82 Å². The Bertz CT molecular complexity index is 606. The first-order chi connectivity index (χ1) is 10.2. The van der Waals surface area contributed by atoms with Crippen LogP contribution in [0.15, 0.2) is 48.7 Å². The van der Waals surface area contributed by atoms with Crippen molar-refractivity contribution in [2.75, 3.05) is 11.5 Å². The maximum Gasteiger partial charge on any atom is 0.266 e. The topological polar surface area (TPSA) is 42.4 Å². The summed E-state index contributed by atoms with van der Waals surface area (Å²) in [5.41, 5.74) is 1.17. The monoisotopic (exact) mass is 282 g/mol. The lowest BCUT2D eigenvalue weighted by atomic mass is 10.2. The van der Waals surface area contributed by atoms with Crippen molar-refractivity contribution in [3.8, 4) is 5.75 Å². The van der Waals surface area contributed by atoms with E-state index < -0.39 is 0 Å². The minimum Gasteiger partial charge on any atom is -0.484 e. The second-order valence-corrected chi connectivity index (χ2v) is 5.28. The molecule has 3 rings (SSSR count). The van der Waals surface area contributed by atoms with E-state index in [9.17, 15) is 4.79 Å². The van der Waals surface area contributed by atoms with Crippen LogP contribution in [0.25, 0.3) is 0 Å². The summed E-state index contributed by atoms with van der Waals surface area (Å²) in [5.74, 6) is 1.37. The molecule has 1 aromatic heterocycles.